The van der Waals surface area contributed by atoms with E-state index >= 15 is 0 Å². The van der Waals surface area contributed by atoms with Gasteiger partial charge in [-0.3, -0.25) is 0 Å². The number of nitrogens with one attached hydrogen (secondary N) is 2. The maximum Gasteiger partial charge on any atom is 0.138 e. The van der Waals surface area contributed by atoms with Gasteiger partial charge in [0, 0.05) is 17.8 Å². The number of hydrogen-bond acceptors (Lipinski definition) is 5. The molecule has 0 radical (unpaired) electrons. The Bertz CT molecular complexity index is 613. The number of hydrogen-bond donors (Lipinski definition) is 2. The molecular formula is C15H17N5. The highest BCUT2D eigenvalue weighted by molar-refractivity contribution is 5.64. The minimum atomic E-state index is 0.428. The first kappa shape index (κ1) is 13.8. The zero-order valence-electron chi connectivity index (χ0n) is 11.6. The van der Waals surface area contributed by atoms with Gasteiger partial charge < -0.3 is 10.6 Å². The van der Waals surface area contributed by atoms with Crippen LogP contribution in [0.4, 0.5) is 17.3 Å². The summed E-state index contributed by atoms with van der Waals surface area (Å²) in [6.45, 7) is 4.83. The largest absolute Gasteiger partial charge is 0.370 e. The highest BCUT2D eigenvalue weighted by atomic mass is 15.1. The van der Waals surface area contributed by atoms with E-state index in [0.717, 1.165) is 35.0 Å². The van der Waals surface area contributed by atoms with Crippen LogP contribution in [0.5, 0.6) is 0 Å². The molecule has 102 valence electrons. The minimum absolute atomic E-state index is 0.428. The van der Waals surface area contributed by atoms with Crippen LogP contribution in [0.1, 0.15) is 18.1 Å². The van der Waals surface area contributed by atoms with Crippen molar-refractivity contribution < 1.29 is 0 Å². The Morgan fingerprint density at radius 3 is 2.50 bits per heavy atom. The first-order valence-corrected chi connectivity index (χ1v) is 6.53. The van der Waals surface area contributed by atoms with Gasteiger partial charge in [-0.15, -0.1) is 0 Å². The van der Waals surface area contributed by atoms with Crippen molar-refractivity contribution >= 4 is 17.3 Å². The Hall–Kier alpha value is -2.61. The highest BCUT2D eigenvalue weighted by Gasteiger charge is 2.06. The van der Waals surface area contributed by atoms with Crippen LogP contribution in [0.15, 0.2) is 30.6 Å². The van der Waals surface area contributed by atoms with Crippen LogP contribution < -0.4 is 10.6 Å². The van der Waals surface area contributed by atoms with E-state index in [-0.39, 0.29) is 0 Å². The predicted octanol–water partition coefficient (Wildman–Crippen LogP) is 3.03. The first-order chi connectivity index (χ1) is 9.74. The molecule has 0 aliphatic heterocycles. The van der Waals surface area contributed by atoms with E-state index in [4.69, 9.17) is 5.26 Å². The SMILES string of the molecule is CCNc1ncnc(Nc2ccc(CC#N)cc2)c1C. The van der Waals surface area contributed by atoms with Crippen molar-refractivity contribution in [2.24, 2.45) is 0 Å². The normalized spacial score (nSPS) is 9.85. The van der Waals surface area contributed by atoms with E-state index in [1.54, 1.807) is 0 Å². The molecule has 0 aliphatic rings. The van der Waals surface area contributed by atoms with Gasteiger partial charge in [-0.1, -0.05) is 12.1 Å². The second-order valence-corrected chi connectivity index (χ2v) is 4.38. The van der Waals surface area contributed by atoms with E-state index in [0.29, 0.717) is 6.42 Å². The number of aromatic nitrogens is 2. The molecule has 2 N–H and O–H groups in total. The van der Waals surface area contributed by atoms with E-state index in [9.17, 15) is 0 Å². The molecule has 0 saturated carbocycles. The third-order valence-electron chi connectivity index (χ3n) is 2.93. The molecule has 0 fully saturated rings. The number of nitrogens with zero attached hydrogens (tertiary/aromatic N) is 3. The molecular weight excluding hydrogens is 250 g/mol. The number of benzene rings is 1. The lowest BCUT2D eigenvalue weighted by Crippen LogP contribution is -2.05. The monoisotopic (exact) mass is 267 g/mol. The molecule has 0 bridgehead atoms. The maximum atomic E-state index is 8.65. The summed E-state index contributed by atoms with van der Waals surface area (Å²) >= 11 is 0. The highest BCUT2D eigenvalue weighted by Crippen LogP contribution is 2.22. The zero-order chi connectivity index (χ0) is 14.4. The Labute approximate surface area is 118 Å². The lowest BCUT2D eigenvalue weighted by molar-refractivity contribution is 1.08. The summed E-state index contributed by atoms with van der Waals surface area (Å²) in [7, 11) is 0. The fourth-order valence-corrected chi connectivity index (χ4v) is 1.86. The van der Waals surface area contributed by atoms with E-state index < -0.39 is 0 Å². The van der Waals surface area contributed by atoms with Gasteiger partial charge >= 0.3 is 0 Å². The van der Waals surface area contributed by atoms with Crippen LogP contribution in [0.2, 0.25) is 0 Å². The van der Waals surface area contributed by atoms with Crippen LogP contribution >= 0.6 is 0 Å². The molecule has 0 atom stereocenters. The van der Waals surface area contributed by atoms with Gasteiger partial charge in [-0.05, 0) is 31.5 Å². The van der Waals surface area contributed by atoms with E-state index in [1.807, 2.05) is 38.1 Å². The molecule has 1 heterocycles. The van der Waals surface area contributed by atoms with Crippen LogP contribution in [-0.4, -0.2) is 16.5 Å². The third-order valence-corrected chi connectivity index (χ3v) is 2.93. The fraction of sp³-hybridized carbons (Fsp3) is 0.267. The quantitative estimate of drug-likeness (QED) is 0.871. The number of anilines is 3. The van der Waals surface area contributed by atoms with Gasteiger partial charge in [0.1, 0.15) is 18.0 Å². The molecule has 0 unspecified atom stereocenters. The summed E-state index contributed by atoms with van der Waals surface area (Å²) in [5, 5.41) is 15.1. The Morgan fingerprint density at radius 2 is 1.85 bits per heavy atom. The summed E-state index contributed by atoms with van der Waals surface area (Å²) in [5.74, 6) is 1.62. The predicted molar refractivity (Wildman–Crippen MR) is 80.0 cm³/mol. The summed E-state index contributed by atoms with van der Waals surface area (Å²) in [5.41, 5.74) is 2.93. The van der Waals surface area contributed by atoms with Crippen molar-refractivity contribution in [2.45, 2.75) is 20.3 Å². The molecule has 1 aromatic heterocycles. The van der Waals surface area contributed by atoms with Crippen LogP contribution in [0.3, 0.4) is 0 Å². The van der Waals surface area contributed by atoms with Crippen molar-refractivity contribution in [3.8, 4) is 6.07 Å². The van der Waals surface area contributed by atoms with Gasteiger partial charge in [0.2, 0.25) is 0 Å². The summed E-state index contributed by atoms with van der Waals surface area (Å²) in [6.07, 6.45) is 1.97. The summed E-state index contributed by atoms with van der Waals surface area (Å²) < 4.78 is 0. The van der Waals surface area contributed by atoms with Gasteiger partial charge in [0.05, 0.1) is 12.5 Å². The van der Waals surface area contributed by atoms with E-state index in [1.165, 1.54) is 6.33 Å². The lowest BCUT2D eigenvalue weighted by atomic mass is 10.1. The molecule has 0 saturated heterocycles. The molecule has 0 amide bonds. The maximum absolute atomic E-state index is 8.65. The molecule has 0 aliphatic carbocycles. The second-order valence-electron chi connectivity index (χ2n) is 4.38. The lowest BCUT2D eigenvalue weighted by Gasteiger charge is -2.12. The fourth-order valence-electron chi connectivity index (χ4n) is 1.86. The van der Waals surface area contributed by atoms with Gasteiger partial charge in [-0.25, -0.2) is 9.97 Å². The molecule has 1 aromatic carbocycles. The molecule has 20 heavy (non-hydrogen) atoms. The molecule has 0 spiro atoms. The van der Waals surface area contributed by atoms with Crippen LogP contribution in [0, 0.1) is 18.3 Å². The Balaban J connectivity index is 2.17. The summed E-state index contributed by atoms with van der Waals surface area (Å²) in [6, 6.07) is 9.90. The van der Waals surface area contributed by atoms with Crippen molar-refractivity contribution in [1.29, 1.82) is 5.26 Å². The molecule has 2 rings (SSSR count). The zero-order valence-corrected chi connectivity index (χ0v) is 11.6. The average molecular weight is 267 g/mol. The Kier molecular flexibility index (Phi) is 4.51. The minimum Gasteiger partial charge on any atom is -0.370 e. The van der Waals surface area contributed by atoms with Gasteiger partial charge in [0.15, 0.2) is 0 Å². The number of rotatable bonds is 5. The molecule has 5 heteroatoms. The second kappa shape index (κ2) is 6.53. The van der Waals surface area contributed by atoms with Crippen molar-refractivity contribution in [3.63, 3.8) is 0 Å². The summed E-state index contributed by atoms with van der Waals surface area (Å²) in [4.78, 5) is 8.47. The molecule has 5 nitrogen and oxygen atoms in total. The number of nitriles is 1. The standard InChI is InChI=1S/C15H17N5/c1-3-17-14-11(2)15(19-10-18-14)20-13-6-4-12(5-7-13)8-9-16/h4-7,10H,3,8H2,1-2H3,(H2,17,18,19,20). The topological polar surface area (TPSA) is 73.6 Å². The van der Waals surface area contributed by atoms with Crippen molar-refractivity contribution in [1.82, 2.24) is 9.97 Å². The van der Waals surface area contributed by atoms with Crippen molar-refractivity contribution in [2.75, 3.05) is 17.2 Å². The smallest absolute Gasteiger partial charge is 0.138 e. The van der Waals surface area contributed by atoms with Gasteiger partial charge in [0.25, 0.3) is 0 Å². The van der Waals surface area contributed by atoms with Crippen LogP contribution in [0.25, 0.3) is 0 Å². The third kappa shape index (κ3) is 3.23. The van der Waals surface area contributed by atoms with Crippen LogP contribution in [-0.2, 0) is 6.42 Å². The average Bonchev–Trinajstić information content (AvgIpc) is 2.46. The Morgan fingerprint density at radius 1 is 1.15 bits per heavy atom. The molecule has 2 aromatic rings. The van der Waals surface area contributed by atoms with E-state index in [2.05, 4.69) is 26.7 Å². The van der Waals surface area contributed by atoms with Gasteiger partial charge in [-0.2, -0.15) is 5.26 Å². The van der Waals surface area contributed by atoms with Crippen molar-refractivity contribution in [3.05, 3.63) is 41.7 Å². The first-order valence-electron chi connectivity index (χ1n) is 6.53.